The van der Waals surface area contributed by atoms with Crippen molar-refractivity contribution in [2.24, 2.45) is 0 Å². The molecule has 3 rings (SSSR count). The highest BCUT2D eigenvalue weighted by molar-refractivity contribution is 5.71. The number of aromatic nitrogens is 1. The van der Waals surface area contributed by atoms with Gasteiger partial charge in [0.25, 0.3) is 0 Å². The van der Waals surface area contributed by atoms with Crippen molar-refractivity contribution in [3.05, 3.63) is 78.1 Å². The predicted octanol–water partition coefficient (Wildman–Crippen LogP) is 5.47. The highest BCUT2D eigenvalue weighted by Gasteiger charge is 2.14. The molecule has 1 aliphatic carbocycles. The molecule has 1 heterocycles. The second kappa shape index (κ2) is 6.74. The van der Waals surface area contributed by atoms with Gasteiger partial charge in [0.1, 0.15) is 0 Å². The summed E-state index contributed by atoms with van der Waals surface area (Å²) in [6.45, 7) is 8.55. The van der Waals surface area contributed by atoms with E-state index in [1.807, 2.05) is 24.5 Å². The summed E-state index contributed by atoms with van der Waals surface area (Å²) in [5.41, 5.74) is 8.02. The van der Waals surface area contributed by atoms with Gasteiger partial charge in [-0.2, -0.15) is 0 Å². The first-order valence-electron chi connectivity index (χ1n) is 8.13. The average molecular weight is 289 g/mol. The first-order valence-corrected chi connectivity index (χ1v) is 8.13. The summed E-state index contributed by atoms with van der Waals surface area (Å²) in [4.78, 5) is 4.06. The van der Waals surface area contributed by atoms with Gasteiger partial charge in [0.15, 0.2) is 0 Å². The normalized spacial score (nSPS) is 13.5. The van der Waals surface area contributed by atoms with Gasteiger partial charge in [0, 0.05) is 12.4 Å². The average Bonchev–Trinajstić information content (AvgIpc) is 2.59. The van der Waals surface area contributed by atoms with Crippen molar-refractivity contribution in [2.45, 2.75) is 38.5 Å². The van der Waals surface area contributed by atoms with Crippen LogP contribution < -0.4 is 0 Å². The van der Waals surface area contributed by atoms with E-state index in [1.54, 1.807) is 0 Å². The lowest BCUT2D eigenvalue weighted by atomic mass is 9.85. The van der Waals surface area contributed by atoms with Crippen molar-refractivity contribution in [1.29, 1.82) is 0 Å². The minimum absolute atomic E-state index is 0.951. The van der Waals surface area contributed by atoms with Gasteiger partial charge in [-0.15, -0.1) is 0 Å². The largest absolute Gasteiger partial charge is 0.265 e. The maximum absolute atomic E-state index is 4.35. The van der Waals surface area contributed by atoms with Crippen molar-refractivity contribution >= 4 is 11.1 Å². The molecule has 0 atom stereocenters. The topological polar surface area (TPSA) is 12.9 Å². The van der Waals surface area contributed by atoms with Crippen LogP contribution in [-0.4, -0.2) is 4.98 Å². The molecule has 0 unspecified atom stereocenters. The van der Waals surface area contributed by atoms with Crippen LogP contribution in [0.5, 0.6) is 0 Å². The Hall–Kier alpha value is -2.15. The van der Waals surface area contributed by atoms with E-state index in [0.717, 1.165) is 18.4 Å². The van der Waals surface area contributed by atoms with Crippen LogP contribution in [-0.2, 0) is 12.8 Å². The first-order chi connectivity index (χ1) is 10.8. The third kappa shape index (κ3) is 3.19. The van der Waals surface area contributed by atoms with Crippen molar-refractivity contribution in [3.63, 3.8) is 0 Å². The fraction of sp³-hybridized carbons (Fsp3) is 0.286. The smallest absolute Gasteiger partial charge is 0.0273 e. The summed E-state index contributed by atoms with van der Waals surface area (Å²) in [7, 11) is 0. The number of aryl methyl sites for hydroxylation is 1. The third-order valence-electron chi connectivity index (χ3n) is 4.59. The summed E-state index contributed by atoms with van der Waals surface area (Å²) in [6, 6.07) is 10.7. The Balaban J connectivity index is 1.69. The number of benzene rings is 1. The molecule has 1 aliphatic rings. The summed E-state index contributed by atoms with van der Waals surface area (Å²) in [5, 5.41) is 0. The number of nitrogens with zero attached hydrogens (tertiary/aromatic N) is 1. The standard InChI is InChI=1S/C21H23N/c1-16(18-12-14-22-15-13-18)10-11-17(2)20-9-5-7-19-6-3-4-8-21(19)20/h5,7,9,12-15H,1-4,6,8,10-11H2. The Labute approximate surface area is 133 Å². The molecule has 0 saturated heterocycles. The van der Waals surface area contributed by atoms with E-state index in [0.29, 0.717) is 0 Å². The van der Waals surface area contributed by atoms with Crippen LogP contribution in [0.3, 0.4) is 0 Å². The van der Waals surface area contributed by atoms with Gasteiger partial charge >= 0.3 is 0 Å². The molecule has 1 nitrogen and oxygen atoms in total. The lowest BCUT2D eigenvalue weighted by Gasteiger charge is -2.20. The molecule has 2 aromatic rings. The summed E-state index contributed by atoms with van der Waals surface area (Å²) >= 11 is 0. The Bertz CT molecular complexity index is 682. The van der Waals surface area contributed by atoms with Crippen LogP contribution in [0.1, 0.15) is 47.9 Å². The van der Waals surface area contributed by atoms with Gasteiger partial charge in [-0.1, -0.05) is 31.4 Å². The van der Waals surface area contributed by atoms with E-state index in [9.17, 15) is 0 Å². The molecule has 0 saturated carbocycles. The zero-order valence-electron chi connectivity index (χ0n) is 13.1. The summed E-state index contributed by atoms with van der Waals surface area (Å²) in [6.07, 6.45) is 10.6. The molecule has 1 heteroatoms. The fourth-order valence-corrected chi connectivity index (χ4v) is 3.28. The Morgan fingerprint density at radius 1 is 0.909 bits per heavy atom. The molecule has 0 N–H and O–H groups in total. The van der Waals surface area contributed by atoms with Crippen LogP contribution in [0.25, 0.3) is 11.1 Å². The predicted molar refractivity (Wildman–Crippen MR) is 94.6 cm³/mol. The minimum Gasteiger partial charge on any atom is -0.265 e. The second-order valence-electron chi connectivity index (χ2n) is 6.09. The van der Waals surface area contributed by atoms with Crippen LogP contribution in [0, 0.1) is 0 Å². The van der Waals surface area contributed by atoms with Gasteiger partial charge in [0.2, 0.25) is 0 Å². The number of fused-ring (bicyclic) bond motifs is 1. The molecular formula is C21H23N. The van der Waals surface area contributed by atoms with Crippen LogP contribution in [0.2, 0.25) is 0 Å². The van der Waals surface area contributed by atoms with Crippen molar-refractivity contribution in [2.75, 3.05) is 0 Å². The Morgan fingerprint density at radius 2 is 1.64 bits per heavy atom. The quantitative estimate of drug-likeness (QED) is 0.711. The number of allylic oxidation sites excluding steroid dienone is 2. The van der Waals surface area contributed by atoms with Gasteiger partial charge in [-0.05, 0) is 84.1 Å². The van der Waals surface area contributed by atoms with Gasteiger partial charge in [-0.3, -0.25) is 4.98 Å². The molecule has 0 aliphatic heterocycles. The molecule has 0 radical (unpaired) electrons. The number of pyridine rings is 1. The second-order valence-corrected chi connectivity index (χ2v) is 6.09. The molecule has 0 spiro atoms. The molecule has 0 fully saturated rings. The zero-order valence-corrected chi connectivity index (χ0v) is 13.1. The fourth-order valence-electron chi connectivity index (χ4n) is 3.28. The number of hydrogen-bond acceptors (Lipinski definition) is 1. The van der Waals surface area contributed by atoms with Gasteiger partial charge < -0.3 is 0 Å². The van der Waals surface area contributed by atoms with E-state index in [1.165, 1.54) is 53.5 Å². The molecular weight excluding hydrogens is 266 g/mol. The van der Waals surface area contributed by atoms with E-state index in [2.05, 4.69) is 36.3 Å². The third-order valence-corrected chi connectivity index (χ3v) is 4.59. The Morgan fingerprint density at radius 3 is 2.45 bits per heavy atom. The molecule has 1 aromatic carbocycles. The molecule has 0 amide bonds. The van der Waals surface area contributed by atoms with Gasteiger partial charge in [-0.25, -0.2) is 0 Å². The van der Waals surface area contributed by atoms with E-state index >= 15 is 0 Å². The van der Waals surface area contributed by atoms with E-state index < -0.39 is 0 Å². The first kappa shape index (κ1) is 14.8. The summed E-state index contributed by atoms with van der Waals surface area (Å²) in [5.74, 6) is 0. The molecule has 112 valence electrons. The number of rotatable bonds is 5. The Kier molecular flexibility index (Phi) is 4.53. The maximum Gasteiger partial charge on any atom is 0.0273 e. The highest BCUT2D eigenvalue weighted by Crippen LogP contribution is 2.31. The van der Waals surface area contributed by atoms with E-state index in [-0.39, 0.29) is 0 Å². The highest BCUT2D eigenvalue weighted by atomic mass is 14.6. The van der Waals surface area contributed by atoms with Crippen molar-refractivity contribution in [1.82, 2.24) is 4.98 Å². The molecule has 0 bridgehead atoms. The maximum atomic E-state index is 4.35. The van der Waals surface area contributed by atoms with Gasteiger partial charge in [0.05, 0.1) is 0 Å². The lowest BCUT2D eigenvalue weighted by Crippen LogP contribution is -2.05. The zero-order chi connectivity index (χ0) is 15.4. The summed E-state index contributed by atoms with van der Waals surface area (Å²) < 4.78 is 0. The lowest BCUT2D eigenvalue weighted by molar-refractivity contribution is 0.684. The van der Waals surface area contributed by atoms with Crippen LogP contribution in [0.15, 0.2) is 55.9 Å². The molecule has 1 aromatic heterocycles. The SMILES string of the molecule is C=C(CCC(=C)c1cccc2c1CCCC2)c1ccncc1. The molecule has 22 heavy (non-hydrogen) atoms. The van der Waals surface area contributed by atoms with Crippen LogP contribution >= 0.6 is 0 Å². The van der Waals surface area contributed by atoms with Crippen LogP contribution in [0.4, 0.5) is 0 Å². The van der Waals surface area contributed by atoms with Crippen molar-refractivity contribution in [3.8, 4) is 0 Å². The van der Waals surface area contributed by atoms with E-state index in [4.69, 9.17) is 0 Å². The number of hydrogen-bond donors (Lipinski definition) is 0. The minimum atomic E-state index is 0.951. The monoisotopic (exact) mass is 289 g/mol. The van der Waals surface area contributed by atoms with Crippen molar-refractivity contribution < 1.29 is 0 Å².